The van der Waals surface area contributed by atoms with E-state index in [2.05, 4.69) is 25.9 Å². The normalized spacial score (nSPS) is 15.4. The van der Waals surface area contributed by atoms with E-state index in [9.17, 15) is 4.79 Å². The van der Waals surface area contributed by atoms with Crippen molar-refractivity contribution in [2.45, 2.75) is 13.0 Å². The maximum Gasteiger partial charge on any atom is 0.258 e. The summed E-state index contributed by atoms with van der Waals surface area (Å²) in [6, 6.07) is 13.4. The lowest BCUT2D eigenvalue weighted by Crippen LogP contribution is -2.30. The Hall–Kier alpha value is -2.79. The molecule has 24 heavy (non-hydrogen) atoms. The van der Waals surface area contributed by atoms with Gasteiger partial charge < -0.3 is 4.98 Å². The van der Waals surface area contributed by atoms with Crippen molar-refractivity contribution in [1.82, 2.24) is 19.9 Å². The monoisotopic (exact) mass is 318 g/mol. The van der Waals surface area contributed by atoms with Crippen LogP contribution in [0.25, 0.3) is 16.5 Å². The van der Waals surface area contributed by atoms with Gasteiger partial charge in [-0.3, -0.25) is 14.7 Å². The van der Waals surface area contributed by atoms with E-state index in [1.807, 2.05) is 42.6 Å². The molecule has 0 bridgehead atoms. The fourth-order valence-corrected chi connectivity index (χ4v) is 3.10. The van der Waals surface area contributed by atoms with Crippen molar-refractivity contribution < 1.29 is 0 Å². The van der Waals surface area contributed by atoms with Gasteiger partial charge in [-0.25, -0.2) is 4.98 Å². The minimum atomic E-state index is -0.0758. The quantitative estimate of drug-likeness (QED) is 0.806. The molecular formula is C19H18N4O. The van der Waals surface area contributed by atoms with Gasteiger partial charge in [-0.2, -0.15) is 0 Å². The van der Waals surface area contributed by atoms with Crippen LogP contribution >= 0.6 is 0 Å². The molecular weight excluding hydrogens is 300 g/mol. The molecule has 0 fully saturated rings. The molecule has 0 amide bonds. The number of para-hydroxylation sites is 1. The largest absolute Gasteiger partial charge is 0.309 e. The van der Waals surface area contributed by atoms with E-state index in [4.69, 9.17) is 0 Å². The Labute approximate surface area is 139 Å². The molecule has 4 rings (SSSR count). The van der Waals surface area contributed by atoms with Crippen LogP contribution < -0.4 is 5.56 Å². The van der Waals surface area contributed by atoms with Crippen LogP contribution in [0, 0.1) is 0 Å². The smallest absolute Gasteiger partial charge is 0.258 e. The number of nitrogens with zero attached hydrogens (tertiary/aromatic N) is 3. The summed E-state index contributed by atoms with van der Waals surface area (Å²) < 4.78 is 0. The lowest BCUT2D eigenvalue weighted by Gasteiger charge is -2.26. The molecule has 2 aromatic heterocycles. The second-order valence-corrected chi connectivity index (χ2v) is 5.97. The number of aromatic amines is 1. The summed E-state index contributed by atoms with van der Waals surface area (Å²) in [5.41, 5.74) is 2.91. The number of H-pyrrole nitrogens is 1. The van der Waals surface area contributed by atoms with Crippen LogP contribution in [-0.4, -0.2) is 32.9 Å². The van der Waals surface area contributed by atoms with Gasteiger partial charge in [0.2, 0.25) is 0 Å². The molecule has 0 spiro atoms. The molecule has 5 nitrogen and oxygen atoms in total. The maximum atomic E-state index is 12.2. The molecule has 1 aliphatic heterocycles. The summed E-state index contributed by atoms with van der Waals surface area (Å²) in [4.78, 5) is 26.4. The minimum Gasteiger partial charge on any atom is -0.309 e. The van der Waals surface area contributed by atoms with Crippen molar-refractivity contribution in [2.24, 2.45) is 0 Å². The first-order valence-electron chi connectivity index (χ1n) is 8.10. The lowest BCUT2D eigenvalue weighted by molar-refractivity contribution is 0.289. The van der Waals surface area contributed by atoms with E-state index in [-0.39, 0.29) is 5.56 Å². The van der Waals surface area contributed by atoms with Crippen molar-refractivity contribution >= 4 is 16.5 Å². The first-order chi connectivity index (χ1) is 11.8. The molecule has 1 aliphatic rings. The van der Waals surface area contributed by atoms with Gasteiger partial charge in [-0.15, -0.1) is 0 Å². The van der Waals surface area contributed by atoms with Crippen molar-refractivity contribution in [2.75, 3.05) is 13.1 Å². The predicted octanol–water partition coefficient (Wildman–Crippen LogP) is 2.61. The minimum absolute atomic E-state index is 0.0758. The predicted molar refractivity (Wildman–Crippen MR) is 94.5 cm³/mol. The van der Waals surface area contributed by atoms with E-state index in [1.165, 1.54) is 5.57 Å². The number of aromatic nitrogens is 3. The average Bonchev–Trinajstić information content (AvgIpc) is 2.63. The Morgan fingerprint density at radius 3 is 2.88 bits per heavy atom. The Morgan fingerprint density at radius 2 is 2.00 bits per heavy atom. The average molecular weight is 318 g/mol. The van der Waals surface area contributed by atoms with Gasteiger partial charge in [0.1, 0.15) is 5.82 Å². The van der Waals surface area contributed by atoms with Crippen molar-refractivity contribution in [3.05, 3.63) is 76.6 Å². The van der Waals surface area contributed by atoms with Crippen molar-refractivity contribution in [3.63, 3.8) is 0 Å². The van der Waals surface area contributed by atoms with Crippen LogP contribution in [0.5, 0.6) is 0 Å². The van der Waals surface area contributed by atoms with E-state index in [0.717, 1.165) is 30.7 Å². The van der Waals surface area contributed by atoms with Crippen LogP contribution in [0.3, 0.4) is 0 Å². The van der Waals surface area contributed by atoms with Crippen LogP contribution in [0.4, 0.5) is 0 Å². The van der Waals surface area contributed by atoms with Crippen LogP contribution in [0.1, 0.15) is 17.9 Å². The highest BCUT2D eigenvalue weighted by Crippen LogP contribution is 2.19. The van der Waals surface area contributed by atoms with E-state index in [1.54, 1.807) is 6.07 Å². The summed E-state index contributed by atoms with van der Waals surface area (Å²) >= 11 is 0. The van der Waals surface area contributed by atoms with Crippen LogP contribution in [-0.2, 0) is 6.54 Å². The molecule has 3 aromatic rings. The number of fused-ring (bicyclic) bond motifs is 1. The number of hydrogen-bond acceptors (Lipinski definition) is 4. The molecule has 1 N–H and O–H groups in total. The number of hydrogen-bond donors (Lipinski definition) is 1. The molecule has 0 unspecified atom stereocenters. The third kappa shape index (κ3) is 2.98. The van der Waals surface area contributed by atoms with E-state index < -0.39 is 0 Å². The Kier molecular flexibility index (Phi) is 3.92. The number of pyridine rings is 1. The lowest BCUT2D eigenvalue weighted by atomic mass is 10.1. The fourth-order valence-electron chi connectivity index (χ4n) is 3.10. The summed E-state index contributed by atoms with van der Waals surface area (Å²) in [7, 11) is 0. The molecule has 0 aliphatic carbocycles. The van der Waals surface area contributed by atoms with Gasteiger partial charge in [-0.05, 0) is 36.3 Å². The zero-order valence-electron chi connectivity index (χ0n) is 13.3. The second-order valence-electron chi connectivity index (χ2n) is 5.97. The molecule has 0 saturated heterocycles. The third-order valence-electron chi connectivity index (χ3n) is 4.26. The Balaban J connectivity index is 1.56. The summed E-state index contributed by atoms with van der Waals surface area (Å²) in [5.74, 6) is 0.709. The molecule has 0 radical (unpaired) electrons. The highest BCUT2D eigenvalue weighted by Gasteiger charge is 2.16. The van der Waals surface area contributed by atoms with Gasteiger partial charge >= 0.3 is 0 Å². The fraction of sp³-hybridized carbons (Fsp3) is 0.211. The van der Waals surface area contributed by atoms with Crippen molar-refractivity contribution in [3.8, 4) is 0 Å². The summed E-state index contributed by atoms with van der Waals surface area (Å²) in [6.45, 7) is 2.39. The molecule has 0 atom stereocenters. The number of benzene rings is 1. The zero-order chi connectivity index (χ0) is 16.4. The first-order valence-corrected chi connectivity index (χ1v) is 8.10. The zero-order valence-corrected chi connectivity index (χ0v) is 13.3. The molecule has 0 saturated carbocycles. The van der Waals surface area contributed by atoms with Gasteiger partial charge in [0.15, 0.2) is 0 Å². The van der Waals surface area contributed by atoms with Gasteiger partial charge in [0.25, 0.3) is 5.56 Å². The summed E-state index contributed by atoms with van der Waals surface area (Å²) in [5, 5.41) is 0.633. The van der Waals surface area contributed by atoms with Crippen LogP contribution in [0.2, 0.25) is 0 Å². The summed E-state index contributed by atoms with van der Waals surface area (Å²) in [6.07, 6.45) is 5.04. The van der Waals surface area contributed by atoms with Crippen LogP contribution in [0.15, 0.2) is 59.5 Å². The van der Waals surface area contributed by atoms with Gasteiger partial charge in [0.05, 0.1) is 23.1 Å². The Morgan fingerprint density at radius 1 is 1.12 bits per heavy atom. The molecule has 5 heteroatoms. The standard InChI is InChI=1S/C19H18N4O/c24-19-15-7-1-2-9-17(15)21-18(22-19)13-23-11-5-6-14(12-23)16-8-3-4-10-20-16/h1-4,6-10H,5,11-13H2,(H,21,22,24). The first kappa shape index (κ1) is 14.8. The molecule has 120 valence electrons. The van der Waals surface area contributed by atoms with Gasteiger partial charge in [-0.1, -0.05) is 24.3 Å². The molecule has 3 heterocycles. The highest BCUT2D eigenvalue weighted by molar-refractivity contribution is 5.77. The number of rotatable bonds is 3. The van der Waals surface area contributed by atoms with Crippen molar-refractivity contribution in [1.29, 1.82) is 0 Å². The second kappa shape index (κ2) is 6.37. The third-order valence-corrected chi connectivity index (χ3v) is 4.26. The number of nitrogens with one attached hydrogen (secondary N) is 1. The Bertz CT molecular complexity index is 946. The maximum absolute atomic E-state index is 12.2. The highest BCUT2D eigenvalue weighted by atomic mass is 16.1. The van der Waals surface area contributed by atoms with Gasteiger partial charge in [0, 0.05) is 19.3 Å². The van der Waals surface area contributed by atoms with E-state index >= 15 is 0 Å². The topological polar surface area (TPSA) is 61.9 Å². The molecule has 1 aromatic carbocycles. The van der Waals surface area contributed by atoms with E-state index in [0.29, 0.717) is 17.8 Å². The SMILES string of the molecule is O=c1[nH]c(CN2CCC=C(c3ccccn3)C2)nc2ccccc12.